The molecule has 24 heavy (non-hydrogen) atoms. The molecule has 3 heterocycles. The number of β-amino-alcohol motifs (C(OH)–C–C–N with tert-alkyl or cyclic N) is 1. The highest BCUT2D eigenvalue weighted by molar-refractivity contribution is 4.98. The molecule has 130 valence electrons. The molecule has 2 aromatic rings. The van der Waals surface area contributed by atoms with Gasteiger partial charge in [-0.15, -0.1) is 5.10 Å². The molecule has 8 nitrogen and oxygen atoms in total. The van der Waals surface area contributed by atoms with Crippen molar-refractivity contribution in [2.45, 2.75) is 63.1 Å². The molecular formula is C16H24N6O2. The first kappa shape index (κ1) is 15.7. The molecule has 1 saturated heterocycles. The summed E-state index contributed by atoms with van der Waals surface area (Å²) in [4.78, 5) is 6.77. The summed E-state index contributed by atoms with van der Waals surface area (Å²) in [6, 6.07) is 0. The summed E-state index contributed by atoms with van der Waals surface area (Å²) in [6.45, 7) is 2.56. The van der Waals surface area contributed by atoms with Gasteiger partial charge >= 0.3 is 0 Å². The lowest BCUT2D eigenvalue weighted by molar-refractivity contribution is -0.0498. The van der Waals surface area contributed by atoms with Crippen molar-refractivity contribution in [3.05, 3.63) is 24.1 Å². The van der Waals surface area contributed by atoms with Crippen LogP contribution in [0.2, 0.25) is 0 Å². The van der Waals surface area contributed by atoms with E-state index < -0.39 is 5.60 Å². The van der Waals surface area contributed by atoms with Crippen LogP contribution in [0.1, 0.15) is 56.2 Å². The van der Waals surface area contributed by atoms with Gasteiger partial charge in [0.2, 0.25) is 5.89 Å². The van der Waals surface area contributed by atoms with Crippen molar-refractivity contribution in [3.8, 4) is 0 Å². The van der Waals surface area contributed by atoms with E-state index in [4.69, 9.17) is 4.52 Å². The van der Waals surface area contributed by atoms with Crippen molar-refractivity contribution < 1.29 is 9.63 Å². The molecule has 1 N–H and O–H groups in total. The summed E-state index contributed by atoms with van der Waals surface area (Å²) in [5.41, 5.74) is -0.791. The van der Waals surface area contributed by atoms with Crippen LogP contribution < -0.4 is 0 Å². The van der Waals surface area contributed by atoms with E-state index in [0.717, 1.165) is 25.2 Å². The average molecular weight is 332 g/mol. The van der Waals surface area contributed by atoms with Crippen molar-refractivity contribution in [2.75, 3.05) is 13.1 Å². The highest BCUT2D eigenvalue weighted by atomic mass is 16.5. The Morgan fingerprint density at radius 3 is 2.96 bits per heavy atom. The first-order chi connectivity index (χ1) is 11.7. The standard InChI is InChI=1S/C16H24N6O2/c23-16(12-22-9-7-17-20-22)6-3-8-21(11-16)10-14-18-15(19-24-14)13-4-1-2-5-13/h7,9,13,23H,1-6,8,10-12H2. The van der Waals surface area contributed by atoms with Crippen molar-refractivity contribution in [2.24, 2.45) is 0 Å². The SMILES string of the molecule is OC1(Cn2ccnn2)CCCN(Cc2nc(C3CCCC3)no2)C1. The minimum absolute atomic E-state index is 0.459. The van der Waals surface area contributed by atoms with Crippen LogP contribution in [0.4, 0.5) is 0 Å². The van der Waals surface area contributed by atoms with Gasteiger partial charge < -0.3 is 9.63 Å². The number of likely N-dealkylation sites (tertiary alicyclic amines) is 1. The van der Waals surface area contributed by atoms with Crippen LogP contribution >= 0.6 is 0 Å². The second-order valence-corrected chi connectivity index (χ2v) is 7.17. The van der Waals surface area contributed by atoms with Gasteiger partial charge in [-0.3, -0.25) is 4.90 Å². The Morgan fingerprint density at radius 1 is 1.29 bits per heavy atom. The third-order valence-corrected chi connectivity index (χ3v) is 5.13. The quantitative estimate of drug-likeness (QED) is 0.883. The first-order valence-electron chi connectivity index (χ1n) is 8.82. The highest BCUT2D eigenvalue weighted by Crippen LogP contribution is 2.32. The molecule has 2 fully saturated rings. The van der Waals surface area contributed by atoms with Crippen molar-refractivity contribution in [1.29, 1.82) is 0 Å². The lowest BCUT2D eigenvalue weighted by Gasteiger charge is -2.38. The lowest BCUT2D eigenvalue weighted by Crippen LogP contribution is -2.50. The summed E-state index contributed by atoms with van der Waals surface area (Å²) in [5.74, 6) is 1.98. The summed E-state index contributed by atoms with van der Waals surface area (Å²) in [7, 11) is 0. The Hall–Kier alpha value is -1.80. The number of hydrogen-bond acceptors (Lipinski definition) is 7. The van der Waals surface area contributed by atoms with Gasteiger partial charge in [-0.05, 0) is 32.2 Å². The summed E-state index contributed by atoms with van der Waals surface area (Å²) in [6.07, 6.45) is 9.97. The Bertz CT molecular complexity index is 651. The Morgan fingerprint density at radius 2 is 2.17 bits per heavy atom. The molecule has 2 aromatic heterocycles. The number of hydrogen-bond donors (Lipinski definition) is 1. The second-order valence-electron chi connectivity index (χ2n) is 7.17. The van der Waals surface area contributed by atoms with Gasteiger partial charge in [-0.25, -0.2) is 4.68 Å². The molecule has 8 heteroatoms. The normalized spacial score (nSPS) is 26.2. The van der Waals surface area contributed by atoms with Crippen LogP contribution in [0.3, 0.4) is 0 Å². The largest absolute Gasteiger partial charge is 0.387 e. The maximum atomic E-state index is 10.9. The molecule has 1 aliphatic carbocycles. The van der Waals surface area contributed by atoms with Crippen molar-refractivity contribution in [1.82, 2.24) is 30.0 Å². The zero-order valence-electron chi connectivity index (χ0n) is 13.8. The molecule has 1 saturated carbocycles. The molecule has 1 atom stereocenters. The number of nitrogens with zero attached hydrogens (tertiary/aromatic N) is 6. The minimum atomic E-state index is -0.791. The van der Waals surface area contributed by atoms with Gasteiger partial charge in [0.25, 0.3) is 0 Å². The van der Waals surface area contributed by atoms with Crippen LogP contribution in [0.15, 0.2) is 16.9 Å². The van der Waals surface area contributed by atoms with E-state index in [9.17, 15) is 5.11 Å². The van der Waals surface area contributed by atoms with Gasteiger partial charge in [0.1, 0.15) is 0 Å². The lowest BCUT2D eigenvalue weighted by atomic mass is 9.93. The molecule has 0 spiro atoms. The zero-order valence-corrected chi connectivity index (χ0v) is 13.8. The molecule has 1 aliphatic heterocycles. The Balaban J connectivity index is 1.37. The fourth-order valence-corrected chi connectivity index (χ4v) is 3.96. The van der Waals surface area contributed by atoms with Crippen LogP contribution in [-0.4, -0.2) is 53.8 Å². The van der Waals surface area contributed by atoms with Gasteiger partial charge in [-0.2, -0.15) is 4.98 Å². The van der Waals surface area contributed by atoms with E-state index in [1.807, 2.05) is 0 Å². The molecular weight excluding hydrogens is 308 g/mol. The molecule has 1 unspecified atom stereocenters. The molecule has 4 rings (SSSR count). The number of rotatable bonds is 5. The summed E-state index contributed by atoms with van der Waals surface area (Å²) < 4.78 is 7.13. The van der Waals surface area contributed by atoms with Gasteiger partial charge in [0.15, 0.2) is 5.82 Å². The number of aliphatic hydroxyl groups is 1. The van der Waals surface area contributed by atoms with E-state index >= 15 is 0 Å². The fourth-order valence-electron chi connectivity index (χ4n) is 3.96. The summed E-state index contributed by atoms with van der Waals surface area (Å²) >= 11 is 0. The molecule has 2 aliphatic rings. The van der Waals surface area contributed by atoms with Crippen LogP contribution in [-0.2, 0) is 13.1 Å². The van der Waals surface area contributed by atoms with E-state index in [1.165, 1.54) is 25.7 Å². The maximum absolute atomic E-state index is 10.9. The van der Waals surface area contributed by atoms with E-state index in [0.29, 0.717) is 31.4 Å². The van der Waals surface area contributed by atoms with Crippen LogP contribution in [0.25, 0.3) is 0 Å². The molecule has 0 radical (unpaired) electrons. The summed E-state index contributed by atoms with van der Waals surface area (Å²) in [5, 5.41) is 22.8. The van der Waals surface area contributed by atoms with E-state index in [-0.39, 0.29) is 0 Å². The number of piperidine rings is 1. The Labute approximate surface area is 140 Å². The van der Waals surface area contributed by atoms with Gasteiger partial charge in [-0.1, -0.05) is 23.2 Å². The first-order valence-corrected chi connectivity index (χ1v) is 8.82. The predicted octanol–water partition coefficient (Wildman–Crippen LogP) is 1.35. The third kappa shape index (κ3) is 3.49. The third-order valence-electron chi connectivity index (χ3n) is 5.13. The maximum Gasteiger partial charge on any atom is 0.240 e. The molecule has 0 amide bonds. The zero-order chi connectivity index (χ0) is 16.4. The topological polar surface area (TPSA) is 93.1 Å². The average Bonchev–Trinajstić information content (AvgIpc) is 3.28. The van der Waals surface area contributed by atoms with Crippen molar-refractivity contribution in [3.63, 3.8) is 0 Å². The van der Waals surface area contributed by atoms with E-state index in [2.05, 4.69) is 25.4 Å². The van der Waals surface area contributed by atoms with E-state index in [1.54, 1.807) is 17.1 Å². The highest BCUT2D eigenvalue weighted by Gasteiger charge is 2.34. The molecule has 0 bridgehead atoms. The van der Waals surface area contributed by atoms with Gasteiger partial charge in [0.05, 0.1) is 24.9 Å². The molecule has 0 aromatic carbocycles. The minimum Gasteiger partial charge on any atom is -0.387 e. The number of aromatic nitrogens is 5. The predicted molar refractivity (Wildman–Crippen MR) is 85.0 cm³/mol. The Kier molecular flexibility index (Phi) is 4.32. The fraction of sp³-hybridized carbons (Fsp3) is 0.750. The smallest absolute Gasteiger partial charge is 0.240 e. The van der Waals surface area contributed by atoms with Crippen LogP contribution in [0.5, 0.6) is 0 Å². The van der Waals surface area contributed by atoms with Crippen molar-refractivity contribution >= 4 is 0 Å². The van der Waals surface area contributed by atoms with Crippen LogP contribution in [0, 0.1) is 0 Å². The monoisotopic (exact) mass is 332 g/mol. The second kappa shape index (κ2) is 6.60. The van der Waals surface area contributed by atoms with Gasteiger partial charge in [0, 0.05) is 18.7 Å².